The summed E-state index contributed by atoms with van der Waals surface area (Å²) in [4.78, 5) is 34.9. The lowest BCUT2D eigenvalue weighted by molar-refractivity contribution is -0.159. The lowest BCUT2D eigenvalue weighted by Crippen LogP contribution is -2.14. The molecule has 0 fully saturated rings. The molecule has 0 aliphatic rings. The van der Waals surface area contributed by atoms with Crippen molar-refractivity contribution < 1.29 is 54.9 Å². The van der Waals surface area contributed by atoms with Crippen LogP contribution in [0, 0.1) is 0 Å². The molecular weight excluding hydrogens is 875 g/mol. The van der Waals surface area contributed by atoms with E-state index in [9.17, 15) is 35.9 Å². The highest BCUT2D eigenvalue weighted by atomic mass is 19.4. The molecule has 2 aromatic heterocycles. The van der Waals surface area contributed by atoms with E-state index in [0.29, 0.717) is 70.4 Å². The topological polar surface area (TPSA) is 96.8 Å². The molecule has 0 saturated heterocycles. The molecule has 0 unspecified atom stereocenters. The molecule has 0 bridgehead atoms. The zero-order chi connectivity index (χ0) is 48.0. The number of carbonyl (C=O) groups excluding carboxylic acids is 2. The lowest BCUT2D eigenvalue weighted by Gasteiger charge is -2.21. The molecule has 6 aromatic rings. The summed E-state index contributed by atoms with van der Waals surface area (Å²) in [5.41, 5.74) is 3.53. The molecule has 0 aliphatic carbocycles. The van der Waals surface area contributed by atoms with Crippen LogP contribution in [0.1, 0.15) is 111 Å². The van der Waals surface area contributed by atoms with Crippen LogP contribution in [0.15, 0.2) is 127 Å². The Morgan fingerprint density at radius 1 is 0.552 bits per heavy atom. The van der Waals surface area contributed by atoms with E-state index in [-0.39, 0.29) is 19.3 Å². The maximum absolute atomic E-state index is 13.1. The second-order valence-electron chi connectivity index (χ2n) is 16.0. The zero-order valence-corrected chi connectivity index (χ0v) is 37.5. The third kappa shape index (κ3) is 14.4. The third-order valence-electron chi connectivity index (χ3n) is 11.0. The largest absolute Gasteiger partial charge is 0.493 e. The van der Waals surface area contributed by atoms with E-state index in [0.717, 1.165) is 61.1 Å². The molecular formula is C53H52F6N2O6. The van der Waals surface area contributed by atoms with Gasteiger partial charge in [-0.3, -0.25) is 9.59 Å². The van der Waals surface area contributed by atoms with Crippen LogP contribution >= 0.6 is 0 Å². The van der Waals surface area contributed by atoms with Crippen molar-refractivity contribution in [1.82, 2.24) is 9.97 Å². The molecule has 0 N–H and O–H groups in total. The third-order valence-corrected chi connectivity index (χ3v) is 11.0. The number of pyridine rings is 2. The minimum absolute atomic E-state index is 0.0209. The van der Waals surface area contributed by atoms with Crippen molar-refractivity contribution in [2.75, 3.05) is 7.11 Å². The van der Waals surface area contributed by atoms with Crippen LogP contribution in [0.3, 0.4) is 0 Å². The van der Waals surface area contributed by atoms with Crippen LogP contribution in [0.25, 0.3) is 22.5 Å². The SMILES string of the molecule is CCCC[C@H](Oc1ccc(CCC(=O)OC(=O)CCc2ccc(O[C@@H](CCCC)c3cccc(-c4ccc(C(F)(F)F)cc4)n3)c(OC)c2)cc1)c1cccc(-c2ccc(C(F)(F)F)cc2)n1. The van der Waals surface area contributed by atoms with Gasteiger partial charge in [0.2, 0.25) is 0 Å². The fourth-order valence-corrected chi connectivity index (χ4v) is 7.30. The fourth-order valence-electron chi connectivity index (χ4n) is 7.30. The van der Waals surface area contributed by atoms with Crippen LogP contribution in [-0.4, -0.2) is 29.0 Å². The fraction of sp³-hybridized carbons (Fsp3) is 0.321. The molecule has 4 aromatic carbocycles. The van der Waals surface area contributed by atoms with E-state index in [1.54, 1.807) is 54.6 Å². The quantitative estimate of drug-likeness (QED) is 0.0400. The highest BCUT2D eigenvalue weighted by Gasteiger charge is 2.31. The summed E-state index contributed by atoms with van der Waals surface area (Å²) in [7, 11) is 1.50. The summed E-state index contributed by atoms with van der Waals surface area (Å²) >= 11 is 0. The normalized spacial score (nSPS) is 12.6. The van der Waals surface area contributed by atoms with E-state index >= 15 is 0 Å². The van der Waals surface area contributed by atoms with E-state index in [4.69, 9.17) is 28.9 Å². The van der Waals surface area contributed by atoms with Crippen molar-refractivity contribution in [3.63, 3.8) is 0 Å². The number of rotatable bonds is 21. The van der Waals surface area contributed by atoms with E-state index < -0.39 is 47.6 Å². The first-order valence-corrected chi connectivity index (χ1v) is 22.2. The van der Waals surface area contributed by atoms with Gasteiger partial charge in [-0.1, -0.05) is 81.3 Å². The minimum Gasteiger partial charge on any atom is -0.493 e. The standard InChI is InChI=1S/C53H52F6N2O6/c1-4-6-14-46(44-12-8-10-42(60-44)37-21-25-39(26-22-37)52(54,55)56)65-41-29-16-35(17-30-41)19-32-50(62)67-51(63)33-20-36-18-31-48(49(34-36)64-3)66-47(15-7-5-2)45-13-9-11-43(61-45)38-23-27-40(28-24-38)53(57,58)59/h8-13,16-18,21-31,34,46-47H,4-7,14-15,19-20,32-33H2,1-3H3/t46-,47-/m0/s1. The average Bonchev–Trinajstić information content (AvgIpc) is 3.33. The average molecular weight is 927 g/mol. The van der Waals surface area contributed by atoms with Crippen LogP contribution < -0.4 is 14.2 Å². The number of aryl methyl sites for hydroxylation is 2. The van der Waals surface area contributed by atoms with Gasteiger partial charge in [0.05, 0.1) is 53.9 Å². The summed E-state index contributed by atoms with van der Waals surface area (Å²) in [5.74, 6) is 0.140. The smallest absolute Gasteiger partial charge is 0.416 e. The van der Waals surface area contributed by atoms with Gasteiger partial charge in [0.15, 0.2) is 11.5 Å². The Labute approximate surface area is 386 Å². The van der Waals surface area contributed by atoms with Crippen molar-refractivity contribution >= 4 is 11.9 Å². The van der Waals surface area contributed by atoms with Gasteiger partial charge in [0.25, 0.3) is 0 Å². The second kappa shape index (κ2) is 23.2. The summed E-state index contributed by atoms with van der Waals surface area (Å²) in [6.45, 7) is 4.12. The van der Waals surface area contributed by atoms with Gasteiger partial charge < -0.3 is 18.9 Å². The molecule has 2 heterocycles. The van der Waals surface area contributed by atoms with Gasteiger partial charge in [-0.05, 0) is 122 Å². The number of hydrogen-bond donors (Lipinski definition) is 0. The van der Waals surface area contributed by atoms with Gasteiger partial charge >= 0.3 is 24.3 Å². The van der Waals surface area contributed by atoms with Crippen molar-refractivity contribution in [3.05, 3.63) is 161 Å². The molecule has 67 heavy (non-hydrogen) atoms. The van der Waals surface area contributed by atoms with Crippen molar-refractivity contribution in [2.45, 2.75) is 103 Å². The number of unbranched alkanes of at least 4 members (excludes halogenated alkanes) is 2. The Bertz CT molecular complexity index is 2550. The Morgan fingerprint density at radius 3 is 1.48 bits per heavy atom. The maximum atomic E-state index is 13.1. The van der Waals surface area contributed by atoms with Crippen LogP contribution in [0.4, 0.5) is 26.3 Å². The molecule has 14 heteroatoms. The molecule has 8 nitrogen and oxygen atoms in total. The van der Waals surface area contributed by atoms with Crippen molar-refractivity contribution in [3.8, 4) is 39.8 Å². The summed E-state index contributed by atoms with van der Waals surface area (Å²) in [5, 5.41) is 0. The van der Waals surface area contributed by atoms with E-state index in [2.05, 4.69) is 13.8 Å². The zero-order valence-electron chi connectivity index (χ0n) is 37.5. The number of aromatic nitrogens is 2. The predicted octanol–water partition coefficient (Wildman–Crippen LogP) is 14.1. The number of hydrogen-bond acceptors (Lipinski definition) is 8. The Balaban J connectivity index is 0.997. The molecule has 0 saturated carbocycles. The number of ether oxygens (including phenoxy) is 4. The van der Waals surface area contributed by atoms with Gasteiger partial charge in [0, 0.05) is 11.1 Å². The maximum Gasteiger partial charge on any atom is 0.416 e. The first-order valence-electron chi connectivity index (χ1n) is 22.2. The Morgan fingerprint density at radius 2 is 1.01 bits per heavy atom. The minimum atomic E-state index is -4.44. The Kier molecular flexibility index (Phi) is 17.2. The van der Waals surface area contributed by atoms with Crippen LogP contribution in [-0.2, 0) is 39.5 Å². The monoisotopic (exact) mass is 926 g/mol. The van der Waals surface area contributed by atoms with Crippen molar-refractivity contribution in [1.29, 1.82) is 0 Å². The number of halogens is 6. The van der Waals surface area contributed by atoms with Gasteiger partial charge in [-0.2, -0.15) is 26.3 Å². The highest BCUT2D eigenvalue weighted by Crippen LogP contribution is 2.36. The van der Waals surface area contributed by atoms with Gasteiger partial charge in [-0.25, -0.2) is 9.97 Å². The molecule has 0 spiro atoms. The summed E-state index contributed by atoms with van der Waals surface area (Å²) < 4.78 is 102. The molecule has 352 valence electrons. The molecule has 0 radical (unpaired) electrons. The molecule has 2 atom stereocenters. The number of carbonyl (C=O) groups is 2. The number of esters is 2. The van der Waals surface area contributed by atoms with E-state index in [1.807, 2.05) is 24.3 Å². The Hall–Kier alpha value is -6.70. The molecule has 0 aliphatic heterocycles. The summed E-state index contributed by atoms with van der Waals surface area (Å²) in [6, 6.07) is 33.0. The number of benzene rings is 4. The van der Waals surface area contributed by atoms with E-state index in [1.165, 1.54) is 31.4 Å². The molecule has 0 amide bonds. The first kappa shape index (κ1) is 49.7. The lowest BCUT2D eigenvalue weighted by atomic mass is 10.0. The first-order chi connectivity index (χ1) is 32.1. The van der Waals surface area contributed by atoms with Crippen LogP contribution in [0.2, 0.25) is 0 Å². The number of nitrogens with zero attached hydrogens (tertiary/aromatic N) is 2. The molecule has 6 rings (SSSR count). The number of methoxy groups -OCH3 is 1. The predicted molar refractivity (Wildman–Crippen MR) is 242 cm³/mol. The van der Waals surface area contributed by atoms with Gasteiger partial charge in [0.1, 0.15) is 18.0 Å². The van der Waals surface area contributed by atoms with Crippen LogP contribution in [0.5, 0.6) is 17.2 Å². The highest BCUT2D eigenvalue weighted by molar-refractivity contribution is 5.85. The second-order valence-corrected chi connectivity index (χ2v) is 16.0. The number of alkyl halides is 6. The summed E-state index contributed by atoms with van der Waals surface area (Å²) in [6.07, 6.45) is -4.43. The van der Waals surface area contributed by atoms with Crippen molar-refractivity contribution in [2.24, 2.45) is 0 Å². The van der Waals surface area contributed by atoms with Gasteiger partial charge in [-0.15, -0.1) is 0 Å².